The van der Waals surface area contributed by atoms with Gasteiger partial charge in [0.25, 0.3) is 11.7 Å². The largest absolute Gasteiger partial charge is 0.367 e. The van der Waals surface area contributed by atoms with Crippen LogP contribution in [-0.2, 0) is 20.1 Å². The van der Waals surface area contributed by atoms with Crippen molar-refractivity contribution in [2.75, 3.05) is 55.1 Å². The van der Waals surface area contributed by atoms with Crippen molar-refractivity contribution >= 4 is 28.9 Å². The smallest absolute Gasteiger partial charge is 0.293 e. The Kier molecular flexibility index (Phi) is 5.14. The summed E-state index contributed by atoms with van der Waals surface area (Å²) in [7, 11) is 0. The summed E-state index contributed by atoms with van der Waals surface area (Å²) in [4.78, 5) is 19.4. The van der Waals surface area contributed by atoms with Crippen molar-refractivity contribution in [1.29, 1.82) is 0 Å². The van der Waals surface area contributed by atoms with Gasteiger partial charge in [0.05, 0.1) is 36.6 Å². The van der Waals surface area contributed by atoms with Gasteiger partial charge in [-0.05, 0) is 18.2 Å². The van der Waals surface area contributed by atoms with Crippen molar-refractivity contribution < 1.29 is 18.7 Å². The maximum absolute atomic E-state index is 14.1. The van der Waals surface area contributed by atoms with Crippen LogP contribution in [0.2, 0.25) is 0 Å². The van der Waals surface area contributed by atoms with Crippen LogP contribution in [0.15, 0.2) is 48.5 Å². The molecule has 2 atom stereocenters. The molecule has 8 heteroatoms. The van der Waals surface area contributed by atoms with Crippen LogP contribution in [0.25, 0.3) is 0 Å². The monoisotopic (exact) mass is 431 g/mol. The zero-order valence-corrected chi connectivity index (χ0v) is 17.2. The van der Waals surface area contributed by atoms with Gasteiger partial charge in [-0.25, -0.2) is 4.39 Å². The van der Waals surface area contributed by atoms with Crippen molar-refractivity contribution in [2.45, 2.75) is 11.9 Å². The summed E-state index contributed by atoms with van der Waals surface area (Å²) in [6, 6.07) is 14.4. The molecule has 6 nitrogen and oxygen atoms in total. The first-order valence-electron chi connectivity index (χ1n) is 10.1. The van der Waals surface area contributed by atoms with E-state index in [2.05, 4.69) is 4.90 Å². The molecule has 0 aliphatic carbocycles. The lowest BCUT2D eigenvalue weighted by Gasteiger charge is -2.38. The molecule has 0 radical (unpaired) electrons. The second-order valence-electron chi connectivity index (χ2n) is 7.77. The third kappa shape index (κ3) is 3.17. The average Bonchev–Trinajstić information content (AvgIpc) is 3.32. The number of piperazine rings is 1. The first kappa shape index (κ1) is 19.8. The van der Waals surface area contributed by atoms with Crippen LogP contribution in [0.1, 0.15) is 5.56 Å². The van der Waals surface area contributed by atoms with Crippen molar-refractivity contribution in [3.8, 4) is 0 Å². The molecule has 0 aromatic heterocycles. The van der Waals surface area contributed by atoms with E-state index in [9.17, 15) is 9.18 Å². The van der Waals surface area contributed by atoms with Crippen LogP contribution in [0.4, 0.5) is 15.8 Å². The Bertz CT molecular complexity index is 953. The molecule has 30 heavy (non-hydrogen) atoms. The average molecular weight is 432 g/mol. The number of carbonyl (C=O) groups is 1. The minimum atomic E-state index is -1.40. The van der Waals surface area contributed by atoms with E-state index in [0.717, 1.165) is 24.3 Å². The predicted molar refractivity (Wildman–Crippen MR) is 112 cm³/mol. The molecule has 1 spiro atoms. The van der Waals surface area contributed by atoms with Crippen LogP contribution < -0.4 is 9.80 Å². The molecule has 2 saturated heterocycles. The number of fused-ring (bicyclic) bond motifs is 2. The number of para-hydroxylation sites is 2. The lowest BCUT2D eigenvalue weighted by atomic mass is 10.1. The number of carbonyl (C=O) groups excluding carboxylic acids is 1. The van der Waals surface area contributed by atoms with E-state index < -0.39 is 5.79 Å². The van der Waals surface area contributed by atoms with Crippen LogP contribution in [-0.4, -0.2) is 62.2 Å². The molecule has 0 unspecified atom stereocenters. The van der Waals surface area contributed by atoms with E-state index in [1.54, 1.807) is 17.0 Å². The maximum atomic E-state index is 14.1. The normalized spacial score (nSPS) is 26.6. The molecule has 2 aromatic rings. The highest BCUT2D eigenvalue weighted by Crippen LogP contribution is 2.47. The van der Waals surface area contributed by atoms with E-state index in [4.69, 9.17) is 21.1 Å². The number of hydrogen-bond acceptors (Lipinski definition) is 5. The van der Waals surface area contributed by atoms with Gasteiger partial charge in [0.15, 0.2) is 0 Å². The lowest BCUT2D eigenvalue weighted by molar-refractivity contribution is -0.185. The quantitative estimate of drug-likeness (QED) is 0.697. The van der Waals surface area contributed by atoms with Gasteiger partial charge in [0.2, 0.25) is 0 Å². The Morgan fingerprint density at radius 3 is 2.43 bits per heavy atom. The third-order valence-corrected chi connectivity index (χ3v) is 6.30. The van der Waals surface area contributed by atoms with Crippen molar-refractivity contribution in [1.82, 2.24) is 4.90 Å². The summed E-state index contributed by atoms with van der Waals surface area (Å²) >= 11 is 5.94. The zero-order valence-electron chi connectivity index (χ0n) is 16.5. The van der Waals surface area contributed by atoms with Crippen molar-refractivity contribution in [3.63, 3.8) is 0 Å². The molecule has 0 bridgehead atoms. The molecular weight excluding hydrogens is 409 g/mol. The number of nitrogens with zero attached hydrogens (tertiary/aromatic N) is 3. The Morgan fingerprint density at radius 1 is 1.03 bits per heavy atom. The fourth-order valence-electron chi connectivity index (χ4n) is 4.41. The van der Waals surface area contributed by atoms with Gasteiger partial charge < -0.3 is 14.4 Å². The van der Waals surface area contributed by atoms with Crippen LogP contribution >= 0.6 is 11.6 Å². The van der Waals surface area contributed by atoms with E-state index in [1.165, 1.54) is 6.07 Å². The fraction of sp³-hybridized carbons (Fsp3) is 0.409. The first-order chi connectivity index (χ1) is 14.6. The van der Waals surface area contributed by atoms with Crippen molar-refractivity contribution in [3.05, 3.63) is 59.9 Å². The number of amides is 1. The van der Waals surface area contributed by atoms with Crippen LogP contribution in [0, 0.1) is 5.82 Å². The van der Waals surface area contributed by atoms with E-state index in [0.29, 0.717) is 32.1 Å². The molecule has 2 fully saturated rings. The molecule has 3 aliphatic heterocycles. The summed E-state index contributed by atoms with van der Waals surface area (Å²) in [6.07, 6.45) is -0.312. The Hall–Kier alpha value is -2.19. The molecule has 0 saturated carbocycles. The summed E-state index contributed by atoms with van der Waals surface area (Å²) in [5, 5.41) is 0. The van der Waals surface area contributed by atoms with E-state index in [1.807, 2.05) is 35.2 Å². The molecule has 3 heterocycles. The number of ether oxygens (including phenoxy) is 2. The molecular formula is C22H23ClFN3O3. The van der Waals surface area contributed by atoms with Gasteiger partial charge >= 0.3 is 0 Å². The van der Waals surface area contributed by atoms with E-state index >= 15 is 0 Å². The lowest BCUT2D eigenvalue weighted by Crippen LogP contribution is -2.52. The molecule has 2 aromatic carbocycles. The Morgan fingerprint density at radius 2 is 1.73 bits per heavy atom. The topological polar surface area (TPSA) is 45.3 Å². The highest BCUT2D eigenvalue weighted by molar-refractivity contribution is 6.18. The van der Waals surface area contributed by atoms with E-state index in [-0.39, 0.29) is 23.7 Å². The van der Waals surface area contributed by atoms with Gasteiger partial charge in [0, 0.05) is 31.7 Å². The van der Waals surface area contributed by atoms with Gasteiger partial charge in [-0.3, -0.25) is 14.6 Å². The fourth-order valence-corrected chi connectivity index (χ4v) is 4.56. The number of anilines is 2. The number of alkyl halides is 1. The summed E-state index contributed by atoms with van der Waals surface area (Å²) in [5.41, 5.74) is 2.15. The van der Waals surface area contributed by atoms with Crippen molar-refractivity contribution in [2.24, 2.45) is 0 Å². The molecule has 158 valence electrons. The zero-order chi connectivity index (χ0) is 20.7. The summed E-state index contributed by atoms with van der Waals surface area (Å²) in [5.74, 6) is -1.55. The van der Waals surface area contributed by atoms with Gasteiger partial charge in [0.1, 0.15) is 5.82 Å². The predicted octanol–water partition coefficient (Wildman–Crippen LogP) is 2.76. The molecule has 0 N–H and O–H groups in total. The first-order valence-corrected chi connectivity index (χ1v) is 10.7. The molecule has 1 amide bonds. The molecule has 3 aliphatic rings. The number of halogens is 2. The van der Waals surface area contributed by atoms with Crippen LogP contribution in [0.5, 0.6) is 0 Å². The Labute approximate surface area is 179 Å². The summed E-state index contributed by atoms with van der Waals surface area (Å²) in [6.45, 7) is 3.55. The van der Waals surface area contributed by atoms with Gasteiger partial charge in [-0.1, -0.05) is 30.3 Å². The maximum Gasteiger partial charge on any atom is 0.293 e. The highest BCUT2D eigenvalue weighted by Gasteiger charge is 2.58. The van der Waals surface area contributed by atoms with Gasteiger partial charge in [-0.15, -0.1) is 11.6 Å². The highest BCUT2D eigenvalue weighted by atomic mass is 35.5. The van der Waals surface area contributed by atoms with Crippen LogP contribution in [0.3, 0.4) is 0 Å². The second-order valence-corrected chi connectivity index (χ2v) is 8.08. The van der Waals surface area contributed by atoms with Gasteiger partial charge in [-0.2, -0.15) is 0 Å². The minimum absolute atomic E-state index is 0.207. The number of rotatable bonds is 4. The number of benzene rings is 2. The second kappa shape index (κ2) is 7.81. The standard InChI is InChI=1S/C22H23ClFN3O3/c23-13-16-14-29-22(30-16)17-5-1-3-7-19(17)27(21(22)28)15-25-9-11-26(12-10-25)20-8-4-2-6-18(20)24/h1-8,16H,9-15H2/t16-,22-/m1/s1. The Balaban J connectivity index is 1.31. The summed E-state index contributed by atoms with van der Waals surface area (Å²) < 4.78 is 26.0. The SMILES string of the molecule is O=C1N(CN2CCN(c3ccccc3F)CC2)c2ccccc2[C@]12OC[C@@H](CCl)O2. The molecule has 5 rings (SSSR count). The number of hydrogen-bond donors (Lipinski definition) is 0. The third-order valence-electron chi connectivity index (χ3n) is 5.96. The minimum Gasteiger partial charge on any atom is -0.367 e.